The van der Waals surface area contributed by atoms with E-state index in [2.05, 4.69) is 0 Å². The van der Waals surface area contributed by atoms with Crippen molar-refractivity contribution in [3.05, 3.63) is 34.5 Å². The highest BCUT2D eigenvalue weighted by molar-refractivity contribution is 7.21. The quantitative estimate of drug-likeness (QED) is 0.924. The molecular weight excluding hydrogens is 303 g/mol. The van der Waals surface area contributed by atoms with Gasteiger partial charge in [-0.05, 0) is 48.9 Å². The van der Waals surface area contributed by atoms with Crippen molar-refractivity contribution in [2.75, 3.05) is 13.1 Å². The molecule has 6 heteroatoms. The molecule has 0 saturated carbocycles. The second kappa shape index (κ2) is 5.68. The predicted molar refractivity (Wildman–Crippen MR) is 84.3 cm³/mol. The van der Waals surface area contributed by atoms with Crippen LogP contribution in [0.25, 0.3) is 10.1 Å². The molecule has 116 valence electrons. The van der Waals surface area contributed by atoms with Crippen LogP contribution in [-0.4, -0.2) is 29.8 Å². The van der Waals surface area contributed by atoms with Crippen molar-refractivity contribution < 1.29 is 14.0 Å². The van der Waals surface area contributed by atoms with E-state index in [1.165, 1.54) is 23.5 Å². The van der Waals surface area contributed by atoms with Gasteiger partial charge in [0.25, 0.3) is 5.91 Å². The van der Waals surface area contributed by atoms with Crippen LogP contribution in [0.4, 0.5) is 4.39 Å². The molecule has 1 fully saturated rings. The highest BCUT2D eigenvalue weighted by Crippen LogP contribution is 2.33. The van der Waals surface area contributed by atoms with Crippen molar-refractivity contribution in [2.24, 2.45) is 11.7 Å². The zero-order valence-corrected chi connectivity index (χ0v) is 13.1. The molecule has 0 spiro atoms. The number of carbonyl (C=O) groups excluding carboxylic acids is 2. The molecule has 3 rings (SSSR count). The SMILES string of the molecule is Cc1c(C(=O)N2CCC(C(N)=O)CC2)sc2ccc(F)cc12. The molecule has 22 heavy (non-hydrogen) atoms. The van der Waals surface area contributed by atoms with E-state index in [1.54, 1.807) is 11.0 Å². The fraction of sp³-hybridized carbons (Fsp3) is 0.375. The molecule has 2 heterocycles. The normalized spacial score (nSPS) is 16.2. The Morgan fingerprint density at radius 1 is 1.32 bits per heavy atom. The minimum atomic E-state index is -0.297. The summed E-state index contributed by atoms with van der Waals surface area (Å²) >= 11 is 1.39. The molecule has 0 unspecified atom stereocenters. The van der Waals surface area contributed by atoms with Gasteiger partial charge in [-0.25, -0.2) is 4.39 Å². The van der Waals surface area contributed by atoms with Gasteiger partial charge in [0.05, 0.1) is 4.88 Å². The predicted octanol–water partition coefficient (Wildman–Crippen LogP) is 2.69. The third kappa shape index (κ3) is 2.59. The molecule has 1 aromatic carbocycles. The van der Waals surface area contributed by atoms with Crippen LogP contribution in [0.5, 0.6) is 0 Å². The maximum atomic E-state index is 13.4. The summed E-state index contributed by atoms with van der Waals surface area (Å²) in [5.74, 6) is -0.765. The van der Waals surface area contributed by atoms with Gasteiger partial charge in [0.1, 0.15) is 5.82 Å². The lowest BCUT2D eigenvalue weighted by Gasteiger charge is -2.30. The fourth-order valence-electron chi connectivity index (χ4n) is 2.91. The highest BCUT2D eigenvalue weighted by Gasteiger charge is 2.28. The number of aryl methyl sites for hydroxylation is 1. The molecule has 1 saturated heterocycles. The summed E-state index contributed by atoms with van der Waals surface area (Å²) in [6.45, 7) is 2.92. The molecule has 1 aliphatic heterocycles. The molecule has 1 aromatic heterocycles. The smallest absolute Gasteiger partial charge is 0.264 e. The number of carbonyl (C=O) groups is 2. The Balaban J connectivity index is 1.84. The minimum Gasteiger partial charge on any atom is -0.369 e. The number of rotatable bonds is 2. The first kappa shape index (κ1) is 15.0. The number of hydrogen-bond acceptors (Lipinski definition) is 3. The standard InChI is InChI=1S/C16H17FN2O2S/c1-9-12-8-11(17)2-3-13(12)22-14(9)16(21)19-6-4-10(5-7-19)15(18)20/h2-3,8,10H,4-7H2,1H3,(H2,18,20). The summed E-state index contributed by atoms with van der Waals surface area (Å²) < 4.78 is 14.3. The maximum absolute atomic E-state index is 13.4. The number of thiophene rings is 1. The third-order valence-electron chi connectivity index (χ3n) is 4.28. The molecule has 4 nitrogen and oxygen atoms in total. The molecule has 0 bridgehead atoms. The van der Waals surface area contributed by atoms with Gasteiger partial charge >= 0.3 is 0 Å². The van der Waals surface area contributed by atoms with E-state index in [4.69, 9.17) is 5.73 Å². The lowest BCUT2D eigenvalue weighted by molar-refractivity contribution is -0.123. The van der Waals surface area contributed by atoms with Gasteiger partial charge in [0.2, 0.25) is 5.91 Å². The molecule has 0 radical (unpaired) electrons. The van der Waals surface area contributed by atoms with Gasteiger partial charge in [0, 0.05) is 23.7 Å². The van der Waals surface area contributed by atoms with Crippen LogP contribution in [0.3, 0.4) is 0 Å². The molecule has 2 amide bonds. The zero-order valence-electron chi connectivity index (χ0n) is 12.3. The molecule has 2 N–H and O–H groups in total. The third-order valence-corrected chi connectivity index (χ3v) is 5.54. The van der Waals surface area contributed by atoms with Crippen molar-refractivity contribution in [1.29, 1.82) is 0 Å². The number of nitrogens with two attached hydrogens (primary N) is 1. The summed E-state index contributed by atoms with van der Waals surface area (Å²) in [5.41, 5.74) is 6.13. The van der Waals surface area contributed by atoms with Gasteiger partial charge in [-0.1, -0.05) is 0 Å². The van der Waals surface area contributed by atoms with Gasteiger partial charge in [-0.2, -0.15) is 0 Å². The Morgan fingerprint density at radius 3 is 2.64 bits per heavy atom. The molecule has 2 aromatic rings. The summed E-state index contributed by atoms with van der Waals surface area (Å²) in [7, 11) is 0. The van der Waals surface area contributed by atoms with Crippen LogP contribution in [0.1, 0.15) is 28.1 Å². The van der Waals surface area contributed by atoms with Crippen molar-refractivity contribution in [1.82, 2.24) is 4.90 Å². The van der Waals surface area contributed by atoms with Crippen molar-refractivity contribution in [3.63, 3.8) is 0 Å². The maximum Gasteiger partial charge on any atom is 0.264 e. The molecule has 0 aliphatic carbocycles. The number of amides is 2. The number of fused-ring (bicyclic) bond motifs is 1. The van der Waals surface area contributed by atoms with Crippen LogP contribution < -0.4 is 5.73 Å². The number of hydrogen-bond donors (Lipinski definition) is 1. The number of benzene rings is 1. The van der Waals surface area contributed by atoms with Crippen LogP contribution in [0.15, 0.2) is 18.2 Å². The van der Waals surface area contributed by atoms with Gasteiger partial charge < -0.3 is 10.6 Å². The Morgan fingerprint density at radius 2 is 2.00 bits per heavy atom. The van der Waals surface area contributed by atoms with E-state index in [0.29, 0.717) is 30.8 Å². The second-order valence-corrected chi connectivity index (χ2v) is 6.72. The van der Waals surface area contributed by atoms with Gasteiger partial charge in [-0.3, -0.25) is 9.59 Å². The lowest BCUT2D eigenvalue weighted by Crippen LogP contribution is -2.41. The number of halogens is 1. The molecule has 0 atom stereocenters. The van der Waals surface area contributed by atoms with Gasteiger partial charge in [0.15, 0.2) is 0 Å². The van der Waals surface area contributed by atoms with E-state index in [9.17, 15) is 14.0 Å². The molecule has 1 aliphatic rings. The minimum absolute atomic E-state index is 0.0398. The zero-order chi connectivity index (χ0) is 15.9. The van der Waals surface area contributed by atoms with Crippen molar-refractivity contribution in [2.45, 2.75) is 19.8 Å². The molecular formula is C16H17FN2O2S. The van der Waals surface area contributed by atoms with E-state index >= 15 is 0 Å². The Hall–Kier alpha value is -1.95. The van der Waals surface area contributed by atoms with Crippen LogP contribution in [0.2, 0.25) is 0 Å². The van der Waals surface area contributed by atoms with Gasteiger partial charge in [-0.15, -0.1) is 11.3 Å². The van der Waals surface area contributed by atoms with E-state index < -0.39 is 0 Å². The first-order valence-electron chi connectivity index (χ1n) is 7.24. The fourth-order valence-corrected chi connectivity index (χ4v) is 4.07. The number of piperidine rings is 1. The Kier molecular flexibility index (Phi) is 3.87. The first-order valence-corrected chi connectivity index (χ1v) is 8.06. The summed E-state index contributed by atoms with van der Waals surface area (Å²) in [6, 6.07) is 4.58. The highest BCUT2D eigenvalue weighted by atomic mass is 32.1. The average Bonchev–Trinajstić information content (AvgIpc) is 2.83. The van der Waals surface area contributed by atoms with Crippen molar-refractivity contribution in [3.8, 4) is 0 Å². The summed E-state index contributed by atoms with van der Waals surface area (Å²) in [5, 5.41) is 0.792. The first-order chi connectivity index (χ1) is 10.5. The number of primary amides is 1. The van der Waals surface area contributed by atoms with Crippen LogP contribution in [-0.2, 0) is 4.79 Å². The average molecular weight is 320 g/mol. The Bertz CT molecular complexity index is 748. The monoisotopic (exact) mass is 320 g/mol. The van der Waals surface area contributed by atoms with E-state index in [1.807, 2.05) is 6.92 Å². The second-order valence-electron chi connectivity index (χ2n) is 5.67. The largest absolute Gasteiger partial charge is 0.369 e. The van der Waals surface area contributed by atoms with Crippen LogP contribution >= 0.6 is 11.3 Å². The number of nitrogens with zero attached hydrogens (tertiary/aromatic N) is 1. The lowest BCUT2D eigenvalue weighted by atomic mass is 9.96. The number of likely N-dealkylation sites (tertiary alicyclic amines) is 1. The summed E-state index contributed by atoms with van der Waals surface area (Å²) in [4.78, 5) is 26.3. The summed E-state index contributed by atoms with van der Waals surface area (Å²) in [6.07, 6.45) is 1.22. The topological polar surface area (TPSA) is 63.4 Å². The Labute approximate surface area is 131 Å². The van der Waals surface area contributed by atoms with E-state index in [-0.39, 0.29) is 23.5 Å². The van der Waals surface area contributed by atoms with Crippen molar-refractivity contribution >= 4 is 33.2 Å². The van der Waals surface area contributed by atoms with E-state index in [0.717, 1.165) is 15.6 Å². The van der Waals surface area contributed by atoms with Crippen LogP contribution in [0, 0.1) is 18.7 Å².